The first-order chi connectivity index (χ1) is 9.47. The van der Waals surface area contributed by atoms with Crippen molar-refractivity contribution < 1.29 is 23.9 Å². The van der Waals surface area contributed by atoms with E-state index in [9.17, 15) is 14.4 Å². The van der Waals surface area contributed by atoms with E-state index in [4.69, 9.17) is 11.6 Å². The molecule has 1 aromatic rings. The molecular formula is C12H13ClN2O5. The zero-order chi connectivity index (χ0) is 15.1. The summed E-state index contributed by atoms with van der Waals surface area (Å²) in [6.45, 7) is -0.288. The van der Waals surface area contributed by atoms with Crippen molar-refractivity contribution in [3.63, 3.8) is 0 Å². The lowest BCUT2D eigenvalue weighted by molar-refractivity contribution is -0.139. The maximum Gasteiger partial charge on any atom is 0.340 e. The Morgan fingerprint density at radius 2 is 1.90 bits per heavy atom. The third-order valence-corrected chi connectivity index (χ3v) is 2.49. The van der Waals surface area contributed by atoms with Gasteiger partial charge in [0, 0.05) is 5.02 Å². The first kappa shape index (κ1) is 15.8. The van der Waals surface area contributed by atoms with Crippen LogP contribution in [0.4, 0.5) is 10.5 Å². The molecule has 0 saturated heterocycles. The van der Waals surface area contributed by atoms with E-state index >= 15 is 0 Å². The van der Waals surface area contributed by atoms with Crippen LogP contribution >= 0.6 is 11.6 Å². The molecule has 1 aromatic carbocycles. The number of carbonyl (C=O) groups excluding carboxylic acids is 3. The van der Waals surface area contributed by atoms with Crippen molar-refractivity contribution in [2.45, 2.75) is 0 Å². The number of hydrogen-bond acceptors (Lipinski definition) is 5. The van der Waals surface area contributed by atoms with Crippen LogP contribution in [0.1, 0.15) is 10.4 Å². The van der Waals surface area contributed by atoms with Gasteiger partial charge in [0.15, 0.2) is 0 Å². The molecule has 2 amide bonds. The van der Waals surface area contributed by atoms with E-state index in [0.717, 1.165) is 0 Å². The van der Waals surface area contributed by atoms with E-state index in [-0.39, 0.29) is 17.8 Å². The minimum atomic E-state index is -0.664. The van der Waals surface area contributed by atoms with Gasteiger partial charge in [0.05, 0.1) is 25.5 Å². The number of methoxy groups -OCH3 is 2. The Morgan fingerprint density at radius 3 is 2.50 bits per heavy atom. The molecule has 0 bridgehead atoms. The van der Waals surface area contributed by atoms with Crippen molar-refractivity contribution in [2.24, 2.45) is 0 Å². The van der Waals surface area contributed by atoms with Gasteiger partial charge in [0.25, 0.3) is 0 Å². The van der Waals surface area contributed by atoms with E-state index < -0.39 is 18.0 Å². The van der Waals surface area contributed by atoms with Gasteiger partial charge in [0.1, 0.15) is 6.54 Å². The van der Waals surface area contributed by atoms with Gasteiger partial charge in [0.2, 0.25) is 0 Å². The second kappa shape index (κ2) is 7.34. The Balaban J connectivity index is 2.79. The van der Waals surface area contributed by atoms with Gasteiger partial charge in [-0.25, -0.2) is 9.59 Å². The molecule has 7 nitrogen and oxygen atoms in total. The highest BCUT2D eigenvalue weighted by Crippen LogP contribution is 2.21. The molecule has 20 heavy (non-hydrogen) atoms. The Morgan fingerprint density at radius 1 is 1.20 bits per heavy atom. The molecule has 8 heteroatoms. The van der Waals surface area contributed by atoms with Crippen LogP contribution in [0, 0.1) is 0 Å². The highest BCUT2D eigenvalue weighted by Gasteiger charge is 2.15. The van der Waals surface area contributed by atoms with E-state index in [1.165, 1.54) is 32.4 Å². The number of nitrogens with one attached hydrogen (secondary N) is 2. The Bertz CT molecular complexity index is 533. The summed E-state index contributed by atoms with van der Waals surface area (Å²) < 4.78 is 8.96. The average Bonchev–Trinajstić information content (AvgIpc) is 2.45. The van der Waals surface area contributed by atoms with Crippen LogP contribution < -0.4 is 10.6 Å². The Kier molecular flexibility index (Phi) is 5.79. The molecular weight excluding hydrogens is 288 g/mol. The number of urea groups is 1. The SMILES string of the molecule is COC(=O)CNC(=O)Nc1ccc(Cl)cc1C(=O)OC. The van der Waals surface area contributed by atoms with E-state index in [0.29, 0.717) is 5.02 Å². The molecule has 0 fully saturated rings. The first-order valence-electron chi connectivity index (χ1n) is 5.47. The summed E-state index contributed by atoms with van der Waals surface area (Å²) in [6.07, 6.45) is 0. The molecule has 1 rings (SSSR count). The fraction of sp³-hybridized carbons (Fsp3) is 0.250. The average molecular weight is 301 g/mol. The van der Waals surface area contributed by atoms with Gasteiger partial charge in [-0.2, -0.15) is 0 Å². The highest BCUT2D eigenvalue weighted by atomic mass is 35.5. The number of carbonyl (C=O) groups is 3. The van der Waals surface area contributed by atoms with Crippen LogP contribution in [0.25, 0.3) is 0 Å². The molecule has 0 aromatic heterocycles. The van der Waals surface area contributed by atoms with Crippen LogP contribution in [0.5, 0.6) is 0 Å². The largest absolute Gasteiger partial charge is 0.468 e. The number of ether oxygens (including phenoxy) is 2. The van der Waals surface area contributed by atoms with E-state index in [1.807, 2.05) is 0 Å². The third-order valence-electron chi connectivity index (χ3n) is 2.26. The number of hydrogen-bond donors (Lipinski definition) is 2. The van der Waals surface area contributed by atoms with Crippen LogP contribution in [0.15, 0.2) is 18.2 Å². The molecule has 0 aliphatic rings. The zero-order valence-electron chi connectivity index (χ0n) is 10.9. The Hall–Kier alpha value is -2.28. The van der Waals surface area contributed by atoms with Crippen LogP contribution in [0.2, 0.25) is 5.02 Å². The van der Waals surface area contributed by atoms with E-state index in [2.05, 4.69) is 20.1 Å². The smallest absolute Gasteiger partial charge is 0.340 e. The molecule has 2 N–H and O–H groups in total. The maximum absolute atomic E-state index is 11.6. The number of halogens is 1. The van der Waals surface area contributed by atoms with Gasteiger partial charge < -0.3 is 20.1 Å². The molecule has 0 unspecified atom stereocenters. The molecule has 0 heterocycles. The van der Waals surface area contributed by atoms with Gasteiger partial charge in [-0.15, -0.1) is 0 Å². The van der Waals surface area contributed by atoms with E-state index in [1.54, 1.807) is 0 Å². The lowest BCUT2D eigenvalue weighted by Gasteiger charge is -2.10. The van der Waals surface area contributed by atoms with Gasteiger partial charge in [-0.05, 0) is 18.2 Å². The molecule has 0 aliphatic carbocycles. The maximum atomic E-state index is 11.6. The van der Waals surface area contributed by atoms with Gasteiger partial charge in [-0.1, -0.05) is 11.6 Å². The van der Waals surface area contributed by atoms with Crippen molar-refractivity contribution >= 4 is 35.3 Å². The fourth-order valence-corrected chi connectivity index (χ4v) is 1.47. The normalized spacial score (nSPS) is 9.55. The fourth-order valence-electron chi connectivity index (χ4n) is 1.30. The van der Waals surface area contributed by atoms with Gasteiger partial charge >= 0.3 is 18.0 Å². The van der Waals surface area contributed by atoms with Crippen molar-refractivity contribution in [3.8, 4) is 0 Å². The number of esters is 2. The summed E-state index contributed by atoms with van der Waals surface area (Å²) in [7, 11) is 2.42. The van der Waals surface area contributed by atoms with Crippen molar-refractivity contribution in [1.82, 2.24) is 5.32 Å². The predicted octanol–water partition coefficient (Wildman–Crippen LogP) is 1.42. The second-order valence-corrected chi connectivity index (χ2v) is 4.00. The number of anilines is 1. The van der Waals surface area contributed by atoms with Crippen molar-refractivity contribution in [1.29, 1.82) is 0 Å². The van der Waals surface area contributed by atoms with Crippen molar-refractivity contribution in [3.05, 3.63) is 28.8 Å². The van der Waals surface area contributed by atoms with Crippen molar-refractivity contribution in [2.75, 3.05) is 26.1 Å². The topological polar surface area (TPSA) is 93.7 Å². The summed E-state index contributed by atoms with van der Waals surface area (Å²) in [5.74, 6) is -1.24. The van der Waals surface area contributed by atoms with Crippen LogP contribution in [0.3, 0.4) is 0 Å². The summed E-state index contributed by atoms with van der Waals surface area (Å²) in [6, 6.07) is 3.65. The van der Waals surface area contributed by atoms with Crippen LogP contribution in [-0.2, 0) is 14.3 Å². The molecule has 0 spiro atoms. The summed E-state index contributed by atoms with van der Waals surface area (Å²) in [5.41, 5.74) is 0.317. The lowest BCUT2D eigenvalue weighted by Crippen LogP contribution is -2.34. The standard InChI is InChI=1S/C12H13ClN2O5/c1-19-10(16)6-14-12(18)15-9-4-3-7(13)5-8(9)11(17)20-2/h3-5H,6H2,1-2H3,(H2,14,15,18). The number of amides is 2. The minimum Gasteiger partial charge on any atom is -0.468 e. The Labute approximate surface area is 120 Å². The minimum absolute atomic E-state index is 0.105. The number of rotatable bonds is 4. The quantitative estimate of drug-likeness (QED) is 0.820. The van der Waals surface area contributed by atoms with Gasteiger partial charge in [-0.3, -0.25) is 4.79 Å². The van der Waals surface area contributed by atoms with Crippen LogP contribution in [-0.4, -0.2) is 38.7 Å². The zero-order valence-corrected chi connectivity index (χ0v) is 11.6. The molecule has 0 aliphatic heterocycles. The molecule has 0 radical (unpaired) electrons. The predicted molar refractivity (Wildman–Crippen MR) is 71.8 cm³/mol. The monoisotopic (exact) mass is 300 g/mol. The highest BCUT2D eigenvalue weighted by molar-refractivity contribution is 6.31. The summed E-state index contributed by atoms with van der Waals surface area (Å²) in [5, 5.41) is 5.01. The third kappa shape index (κ3) is 4.43. The number of benzene rings is 1. The summed E-state index contributed by atoms with van der Waals surface area (Å²) in [4.78, 5) is 34.0. The first-order valence-corrected chi connectivity index (χ1v) is 5.85. The molecule has 0 atom stereocenters. The lowest BCUT2D eigenvalue weighted by atomic mass is 10.2. The summed E-state index contributed by atoms with van der Waals surface area (Å²) >= 11 is 5.78. The second-order valence-electron chi connectivity index (χ2n) is 3.57. The molecule has 108 valence electrons. The molecule has 0 saturated carbocycles.